The number of methoxy groups -OCH3 is 1. The van der Waals surface area contributed by atoms with E-state index in [9.17, 15) is 4.79 Å². The van der Waals surface area contributed by atoms with Crippen LogP contribution in [0.1, 0.15) is 36.8 Å². The SMILES string of the molecule is C=NCCCC1CCC(=S)NC(=O)C=C1c1cc(C)ccc1OC. The highest BCUT2D eigenvalue weighted by Crippen LogP contribution is 2.37. The molecular weight excluding hydrogens is 320 g/mol. The lowest BCUT2D eigenvalue weighted by Gasteiger charge is -2.25. The molecule has 0 bridgehead atoms. The Morgan fingerprint density at radius 2 is 2.25 bits per heavy atom. The van der Waals surface area contributed by atoms with Crippen LogP contribution in [0.5, 0.6) is 5.75 Å². The zero-order valence-corrected chi connectivity index (χ0v) is 15.1. The van der Waals surface area contributed by atoms with Crippen molar-refractivity contribution in [3.05, 3.63) is 35.4 Å². The zero-order valence-electron chi connectivity index (χ0n) is 14.3. The number of hydrogen-bond acceptors (Lipinski definition) is 4. The molecule has 0 radical (unpaired) electrons. The Labute approximate surface area is 149 Å². The number of aliphatic imine (C=N–C) groups is 1. The number of aryl methyl sites for hydroxylation is 1. The van der Waals surface area contributed by atoms with Crippen molar-refractivity contribution >= 4 is 35.4 Å². The Hall–Kier alpha value is -2.01. The summed E-state index contributed by atoms with van der Waals surface area (Å²) in [5.74, 6) is 0.867. The van der Waals surface area contributed by atoms with Gasteiger partial charge in [-0.15, -0.1) is 0 Å². The number of ether oxygens (including phenoxy) is 1. The Morgan fingerprint density at radius 3 is 2.96 bits per heavy atom. The van der Waals surface area contributed by atoms with Crippen molar-refractivity contribution in [3.63, 3.8) is 0 Å². The van der Waals surface area contributed by atoms with Gasteiger partial charge in [-0.05, 0) is 62.9 Å². The molecule has 0 saturated carbocycles. The van der Waals surface area contributed by atoms with Crippen LogP contribution in [0, 0.1) is 12.8 Å². The van der Waals surface area contributed by atoms with E-state index in [4.69, 9.17) is 17.0 Å². The monoisotopic (exact) mass is 344 g/mol. The van der Waals surface area contributed by atoms with Gasteiger partial charge in [0.2, 0.25) is 5.91 Å². The van der Waals surface area contributed by atoms with Gasteiger partial charge in [0.1, 0.15) is 5.75 Å². The summed E-state index contributed by atoms with van der Waals surface area (Å²) >= 11 is 5.23. The Kier molecular flexibility index (Phi) is 6.67. The molecule has 1 aliphatic rings. The van der Waals surface area contributed by atoms with Crippen molar-refractivity contribution in [2.45, 2.75) is 32.6 Å². The molecule has 24 heavy (non-hydrogen) atoms. The summed E-state index contributed by atoms with van der Waals surface area (Å²) in [6.45, 7) is 6.32. The predicted molar refractivity (Wildman–Crippen MR) is 103 cm³/mol. The summed E-state index contributed by atoms with van der Waals surface area (Å²) in [4.78, 5) is 16.8. The van der Waals surface area contributed by atoms with Crippen LogP contribution in [0.25, 0.3) is 5.57 Å². The fraction of sp³-hybridized carbons (Fsp3) is 0.421. The number of benzene rings is 1. The van der Waals surface area contributed by atoms with Crippen LogP contribution in [0.3, 0.4) is 0 Å². The highest BCUT2D eigenvalue weighted by atomic mass is 32.1. The van der Waals surface area contributed by atoms with Crippen LogP contribution >= 0.6 is 12.2 Å². The molecule has 0 saturated heterocycles. The number of carbonyl (C=O) groups is 1. The van der Waals surface area contributed by atoms with Crippen molar-refractivity contribution < 1.29 is 9.53 Å². The van der Waals surface area contributed by atoms with Gasteiger partial charge in [-0.1, -0.05) is 23.8 Å². The van der Waals surface area contributed by atoms with E-state index in [1.807, 2.05) is 19.1 Å². The number of thiocarbonyl (C=S) groups is 1. The first-order valence-electron chi connectivity index (χ1n) is 8.18. The smallest absolute Gasteiger partial charge is 0.249 e. The molecule has 0 spiro atoms. The van der Waals surface area contributed by atoms with Crippen LogP contribution in [0.4, 0.5) is 0 Å². The molecule has 0 fully saturated rings. The van der Waals surface area contributed by atoms with E-state index >= 15 is 0 Å². The van der Waals surface area contributed by atoms with Crippen LogP contribution in [0.2, 0.25) is 0 Å². The van der Waals surface area contributed by atoms with Gasteiger partial charge in [-0.3, -0.25) is 4.79 Å². The highest BCUT2D eigenvalue weighted by molar-refractivity contribution is 7.80. The van der Waals surface area contributed by atoms with E-state index in [1.54, 1.807) is 13.2 Å². The highest BCUT2D eigenvalue weighted by Gasteiger charge is 2.23. The van der Waals surface area contributed by atoms with Crippen LogP contribution < -0.4 is 10.1 Å². The molecule has 1 atom stereocenters. The molecule has 2 rings (SSSR count). The quantitative estimate of drug-likeness (QED) is 0.486. The third-order valence-corrected chi connectivity index (χ3v) is 4.55. The maximum atomic E-state index is 12.2. The molecular formula is C19H24N2O2S. The molecule has 1 aromatic rings. The lowest BCUT2D eigenvalue weighted by atomic mass is 9.83. The maximum absolute atomic E-state index is 12.2. The minimum Gasteiger partial charge on any atom is -0.496 e. The molecule has 1 unspecified atom stereocenters. The van der Waals surface area contributed by atoms with Gasteiger partial charge in [0, 0.05) is 18.2 Å². The third-order valence-electron chi connectivity index (χ3n) is 4.24. The number of amides is 1. The standard InChI is InChI=1S/C19H24N2O2S/c1-13-6-8-17(23-3)16(11-13)15-12-18(22)21-19(24)9-7-14(15)5-4-10-20-2/h6,8,11-12,14H,2,4-5,7,9-10H2,1,3H3,(H,21,22,24). The molecule has 4 nitrogen and oxygen atoms in total. The van der Waals surface area contributed by atoms with Gasteiger partial charge in [-0.2, -0.15) is 0 Å². The molecule has 0 aromatic heterocycles. The second-order valence-electron chi connectivity index (χ2n) is 6.04. The normalized spacial score (nSPS) is 18.2. The Bertz CT molecular complexity index is 667. The number of nitrogens with zero attached hydrogens (tertiary/aromatic N) is 1. The topological polar surface area (TPSA) is 50.7 Å². The lowest BCUT2D eigenvalue weighted by Crippen LogP contribution is -2.30. The molecule has 1 aromatic carbocycles. The Morgan fingerprint density at radius 1 is 1.46 bits per heavy atom. The van der Waals surface area contributed by atoms with Crippen molar-refractivity contribution in [2.75, 3.05) is 13.7 Å². The van der Waals surface area contributed by atoms with Gasteiger partial charge in [0.05, 0.1) is 12.1 Å². The zero-order chi connectivity index (χ0) is 17.5. The minimum absolute atomic E-state index is 0.162. The molecule has 0 aliphatic carbocycles. The van der Waals surface area contributed by atoms with E-state index in [-0.39, 0.29) is 11.8 Å². The summed E-state index contributed by atoms with van der Waals surface area (Å²) in [6, 6.07) is 6.05. The summed E-state index contributed by atoms with van der Waals surface area (Å²) in [5.41, 5.74) is 3.13. The van der Waals surface area contributed by atoms with E-state index in [0.717, 1.165) is 48.3 Å². The summed E-state index contributed by atoms with van der Waals surface area (Å²) in [7, 11) is 1.66. The minimum atomic E-state index is -0.162. The van der Waals surface area contributed by atoms with E-state index in [2.05, 4.69) is 23.1 Å². The van der Waals surface area contributed by atoms with Gasteiger partial charge in [-0.25, -0.2) is 0 Å². The predicted octanol–water partition coefficient (Wildman–Crippen LogP) is 3.72. The molecule has 128 valence electrons. The molecule has 1 amide bonds. The summed E-state index contributed by atoms with van der Waals surface area (Å²) in [5, 5.41) is 2.77. The van der Waals surface area contributed by atoms with Crippen molar-refractivity contribution in [1.29, 1.82) is 0 Å². The first-order valence-corrected chi connectivity index (χ1v) is 8.59. The number of hydrogen-bond donors (Lipinski definition) is 1. The number of allylic oxidation sites excluding steroid dienone is 1. The average molecular weight is 344 g/mol. The van der Waals surface area contributed by atoms with Crippen LogP contribution in [-0.2, 0) is 4.79 Å². The van der Waals surface area contributed by atoms with Gasteiger partial charge in [0.25, 0.3) is 0 Å². The lowest BCUT2D eigenvalue weighted by molar-refractivity contribution is -0.115. The fourth-order valence-corrected chi connectivity index (χ4v) is 3.27. The van der Waals surface area contributed by atoms with Gasteiger partial charge >= 0.3 is 0 Å². The van der Waals surface area contributed by atoms with Crippen molar-refractivity contribution in [2.24, 2.45) is 10.9 Å². The molecule has 1 N–H and O–H groups in total. The van der Waals surface area contributed by atoms with E-state index in [0.29, 0.717) is 11.4 Å². The molecule has 1 heterocycles. The van der Waals surface area contributed by atoms with Gasteiger partial charge < -0.3 is 15.0 Å². The maximum Gasteiger partial charge on any atom is 0.249 e. The Balaban J connectivity index is 2.45. The van der Waals surface area contributed by atoms with Crippen LogP contribution in [0.15, 0.2) is 29.3 Å². The molecule has 1 aliphatic heterocycles. The third kappa shape index (κ3) is 4.74. The van der Waals surface area contributed by atoms with E-state index in [1.165, 1.54) is 0 Å². The average Bonchev–Trinajstić information content (AvgIpc) is 2.55. The fourth-order valence-electron chi connectivity index (χ4n) is 3.05. The number of rotatable bonds is 6. The van der Waals surface area contributed by atoms with Crippen molar-refractivity contribution in [3.8, 4) is 5.75 Å². The first kappa shape index (κ1) is 18.3. The largest absolute Gasteiger partial charge is 0.496 e. The van der Waals surface area contributed by atoms with Crippen molar-refractivity contribution in [1.82, 2.24) is 5.32 Å². The van der Waals surface area contributed by atoms with E-state index < -0.39 is 0 Å². The number of nitrogens with one attached hydrogen (secondary N) is 1. The first-order chi connectivity index (χ1) is 11.5. The number of carbonyl (C=O) groups excluding carboxylic acids is 1. The summed E-state index contributed by atoms with van der Waals surface area (Å²) < 4.78 is 5.53. The second-order valence-corrected chi connectivity index (χ2v) is 6.53. The second kappa shape index (κ2) is 8.73. The van der Waals surface area contributed by atoms with Crippen LogP contribution in [-0.4, -0.2) is 31.3 Å². The van der Waals surface area contributed by atoms with Gasteiger partial charge in [0.15, 0.2) is 0 Å². The molecule has 5 heteroatoms. The summed E-state index contributed by atoms with van der Waals surface area (Å²) in [6.07, 6.45) is 5.17.